The number of tetrazole rings is 1. The topological polar surface area (TPSA) is 107 Å². The molecule has 8 nitrogen and oxygen atoms in total. The summed E-state index contributed by atoms with van der Waals surface area (Å²) in [7, 11) is -4.03. The number of nitrogens with one attached hydrogen (secondary N) is 1. The Hall–Kier alpha value is -2.30. The molecule has 3 aromatic rings. The zero-order chi connectivity index (χ0) is 16.4. The van der Waals surface area contributed by atoms with Crippen molar-refractivity contribution in [3.05, 3.63) is 51.9 Å². The lowest BCUT2D eigenvalue weighted by molar-refractivity contribution is 0.0985. The van der Waals surface area contributed by atoms with Crippen LogP contribution in [-0.4, -0.2) is 34.5 Å². The van der Waals surface area contributed by atoms with Crippen LogP contribution in [0.3, 0.4) is 0 Å². The van der Waals surface area contributed by atoms with Crippen LogP contribution in [0.4, 0.5) is 0 Å². The first-order chi connectivity index (χ1) is 11.0. The molecule has 0 unspecified atom stereocenters. The van der Waals surface area contributed by atoms with Crippen LogP contribution >= 0.6 is 22.9 Å². The lowest BCUT2D eigenvalue weighted by Gasteiger charge is -2.07. The predicted octanol–water partition coefficient (Wildman–Crippen LogP) is 1.50. The Morgan fingerprint density at radius 2 is 2.13 bits per heavy atom. The van der Waals surface area contributed by atoms with Gasteiger partial charge < -0.3 is 0 Å². The summed E-state index contributed by atoms with van der Waals surface area (Å²) in [5, 5.41) is 12.5. The maximum Gasteiger partial charge on any atom is 0.277 e. The molecule has 1 amide bonds. The number of carbonyl (C=O) groups is 1. The van der Waals surface area contributed by atoms with Crippen molar-refractivity contribution in [1.29, 1.82) is 0 Å². The molecule has 2 aromatic heterocycles. The number of hydrogen-bond acceptors (Lipinski definition) is 7. The van der Waals surface area contributed by atoms with Crippen molar-refractivity contribution in [2.75, 3.05) is 0 Å². The fourth-order valence-electron chi connectivity index (χ4n) is 1.79. The minimum absolute atomic E-state index is 0.0983. The first kappa shape index (κ1) is 15.6. The summed E-state index contributed by atoms with van der Waals surface area (Å²) in [6.07, 6.45) is 1.31. The number of halogens is 1. The summed E-state index contributed by atoms with van der Waals surface area (Å²) in [6.45, 7) is 0. The number of nitrogens with zero attached hydrogens (tertiary/aromatic N) is 4. The fraction of sp³-hybridized carbons (Fsp3) is 0. The van der Waals surface area contributed by atoms with Crippen molar-refractivity contribution in [2.24, 2.45) is 0 Å². The first-order valence-corrected chi connectivity index (χ1v) is 8.85. The molecule has 1 aromatic carbocycles. The van der Waals surface area contributed by atoms with E-state index in [4.69, 9.17) is 11.6 Å². The van der Waals surface area contributed by atoms with E-state index in [0.717, 1.165) is 11.3 Å². The Kier molecular flexibility index (Phi) is 4.11. The lowest BCUT2D eigenvalue weighted by atomic mass is 10.4. The van der Waals surface area contributed by atoms with Gasteiger partial charge in [0.2, 0.25) is 0 Å². The van der Waals surface area contributed by atoms with Crippen LogP contribution in [0.15, 0.2) is 46.9 Å². The van der Waals surface area contributed by atoms with Crippen molar-refractivity contribution < 1.29 is 13.2 Å². The molecule has 3 rings (SSSR count). The van der Waals surface area contributed by atoms with Gasteiger partial charge in [0.05, 0.1) is 10.6 Å². The van der Waals surface area contributed by atoms with E-state index in [1.54, 1.807) is 11.4 Å². The van der Waals surface area contributed by atoms with E-state index >= 15 is 0 Å². The molecule has 0 radical (unpaired) electrons. The first-order valence-electron chi connectivity index (χ1n) is 6.11. The quantitative estimate of drug-likeness (QED) is 0.746. The number of aromatic nitrogens is 4. The molecule has 0 fully saturated rings. The number of amides is 1. The van der Waals surface area contributed by atoms with E-state index in [-0.39, 0.29) is 14.8 Å². The summed E-state index contributed by atoms with van der Waals surface area (Å²) in [5.41, 5.74) is 0.388. The van der Waals surface area contributed by atoms with Crippen LogP contribution in [0, 0.1) is 0 Å². The van der Waals surface area contributed by atoms with Gasteiger partial charge in [-0.05, 0) is 40.1 Å². The summed E-state index contributed by atoms with van der Waals surface area (Å²) < 4.78 is 27.8. The van der Waals surface area contributed by atoms with Crippen molar-refractivity contribution in [3.8, 4) is 5.69 Å². The average molecular weight is 370 g/mol. The standard InChI is InChI=1S/C12H8ClN5O3S2/c13-8-2-1-3-9(6-8)23(20,21)15-12(19)11-10(4-5-22-11)18-7-14-16-17-18/h1-7H,(H,15,19). The highest BCUT2D eigenvalue weighted by atomic mass is 35.5. The minimum Gasteiger partial charge on any atom is -0.267 e. The second kappa shape index (κ2) is 6.07. The Morgan fingerprint density at radius 3 is 2.83 bits per heavy atom. The van der Waals surface area contributed by atoms with Gasteiger partial charge in [0.1, 0.15) is 11.2 Å². The van der Waals surface area contributed by atoms with Gasteiger partial charge in [-0.25, -0.2) is 13.1 Å². The molecule has 0 saturated heterocycles. The largest absolute Gasteiger partial charge is 0.277 e. The van der Waals surface area contributed by atoms with Gasteiger partial charge in [-0.1, -0.05) is 17.7 Å². The third-order valence-corrected chi connectivity index (χ3v) is 5.25. The van der Waals surface area contributed by atoms with Gasteiger partial charge in [0, 0.05) is 5.02 Å². The SMILES string of the molecule is O=C(NS(=O)(=O)c1cccc(Cl)c1)c1sccc1-n1cnnn1. The van der Waals surface area contributed by atoms with Gasteiger partial charge in [-0.2, -0.15) is 4.68 Å². The third kappa shape index (κ3) is 3.23. The van der Waals surface area contributed by atoms with Crippen molar-refractivity contribution in [1.82, 2.24) is 24.9 Å². The van der Waals surface area contributed by atoms with E-state index in [0.29, 0.717) is 5.69 Å². The monoisotopic (exact) mass is 369 g/mol. The zero-order valence-electron chi connectivity index (χ0n) is 11.2. The number of hydrogen-bond donors (Lipinski definition) is 1. The average Bonchev–Trinajstić information content (AvgIpc) is 3.17. The molecule has 0 saturated carbocycles. The molecule has 0 aliphatic carbocycles. The van der Waals surface area contributed by atoms with E-state index in [1.165, 1.54) is 35.3 Å². The van der Waals surface area contributed by atoms with E-state index < -0.39 is 15.9 Å². The zero-order valence-corrected chi connectivity index (χ0v) is 13.6. The maximum atomic E-state index is 12.3. The molecule has 11 heteroatoms. The number of carbonyl (C=O) groups excluding carboxylic acids is 1. The van der Waals surface area contributed by atoms with Crippen molar-refractivity contribution in [2.45, 2.75) is 4.90 Å². The lowest BCUT2D eigenvalue weighted by Crippen LogP contribution is -2.30. The molecule has 1 N–H and O–H groups in total. The van der Waals surface area contributed by atoms with Gasteiger partial charge in [0.15, 0.2) is 0 Å². The van der Waals surface area contributed by atoms with Crippen molar-refractivity contribution >= 4 is 38.9 Å². The van der Waals surface area contributed by atoms with Gasteiger partial charge in [-0.3, -0.25) is 4.79 Å². The molecule has 0 bridgehead atoms. The van der Waals surface area contributed by atoms with Gasteiger partial charge in [0.25, 0.3) is 15.9 Å². The highest BCUT2D eigenvalue weighted by Gasteiger charge is 2.22. The Labute approximate surface area is 139 Å². The molecule has 2 heterocycles. The molecular weight excluding hydrogens is 362 g/mol. The number of sulfonamides is 1. The summed E-state index contributed by atoms with van der Waals surface area (Å²) in [6, 6.07) is 7.24. The number of rotatable bonds is 4. The predicted molar refractivity (Wildman–Crippen MR) is 83.1 cm³/mol. The molecule has 23 heavy (non-hydrogen) atoms. The number of thiophene rings is 1. The van der Waals surface area contributed by atoms with Crippen LogP contribution in [-0.2, 0) is 10.0 Å². The maximum absolute atomic E-state index is 12.3. The highest BCUT2D eigenvalue weighted by molar-refractivity contribution is 7.90. The molecular formula is C12H8ClN5O3S2. The number of benzene rings is 1. The van der Waals surface area contributed by atoms with Crippen LogP contribution in [0.2, 0.25) is 5.02 Å². The summed E-state index contributed by atoms with van der Waals surface area (Å²) in [4.78, 5) is 12.4. The van der Waals surface area contributed by atoms with Crippen LogP contribution in [0.25, 0.3) is 5.69 Å². The van der Waals surface area contributed by atoms with E-state index in [1.807, 2.05) is 4.72 Å². The second-order valence-electron chi connectivity index (χ2n) is 4.28. The van der Waals surface area contributed by atoms with Crippen molar-refractivity contribution in [3.63, 3.8) is 0 Å². The summed E-state index contributed by atoms with van der Waals surface area (Å²) in [5.74, 6) is -0.773. The Bertz CT molecular complexity index is 953. The van der Waals surface area contributed by atoms with Crippen LogP contribution in [0.5, 0.6) is 0 Å². The summed E-state index contributed by atoms with van der Waals surface area (Å²) >= 11 is 6.86. The molecule has 0 atom stereocenters. The Morgan fingerprint density at radius 1 is 1.30 bits per heavy atom. The second-order valence-corrected chi connectivity index (χ2v) is 7.32. The normalized spacial score (nSPS) is 11.3. The smallest absolute Gasteiger partial charge is 0.267 e. The molecule has 0 aliphatic heterocycles. The third-order valence-electron chi connectivity index (χ3n) is 2.78. The van der Waals surface area contributed by atoms with E-state index in [9.17, 15) is 13.2 Å². The van der Waals surface area contributed by atoms with Crippen LogP contribution < -0.4 is 4.72 Å². The minimum atomic E-state index is -4.03. The highest BCUT2D eigenvalue weighted by Crippen LogP contribution is 2.21. The molecule has 0 aliphatic rings. The van der Waals surface area contributed by atoms with Gasteiger partial charge in [-0.15, -0.1) is 16.4 Å². The molecule has 0 spiro atoms. The van der Waals surface area contributed by atoms with E-state index in [2.05, 4.69) is 15.5 Å². The Balaban J connectivity index is 1.90. The molecule has 118 valence electrons. The van der Waals surface area contributed by atoms with Gasteiger partial charge >= 0.3 is 0 Å². The van der Waals surface area contributed by atoms with Crippen LogP contribution in [0.1, 0.15) is 9.67 Å². The fourth-order valence-corrected chi connectivity index (χ4v) is 3.88.